The second-order valence-electron chi connectivity index (χ2n) is 4.00. The summed E-state index contributed by atoms with van der Waals surface area (Å²) in [6.45, 7) is -0.173. The van der Waals surface area contributed by atoms with Crippen molar-refractivity contribution in [2.75, 3.05) is 11.9 Å². The molecule has 0 radical (unpaired) electrons. The molecule has 0 saturated heterocycles. The van der Waals surface area contributed by atoms with Crippen molar-refractivity contribution in [3.63, 3.8) is 0 Å². The molecule has 0 fully saturated rings. The van der Waals surface area contributed by atoms with E-state index in [1.165, 1.54) is 0 Å². The van der Waals surface area contributed by atoms with E-state index in [-0.39, 0.29) is 12.5 Å². The summed E-state index contributed by atoms with van der Waals surface area (Å²) in [7, 11) is 0. The molecule has 20 heavy (non-hydrogen) atoms. The maximum atomic E-state index is 12.0. The van der Waals surface area contributed by atoms with E-state index in [9.17, 15) is 4.79 Å². The molecule has 2 aromatic rings. The molecule has 0 aliphatic heterocycles. The molecule has 0 atom stereocenters. The van der Waals surface area contributed by atoms with Gasteiger partial charge in [0.2, 0.25) is 0 Å². The Bertz CT molecular complexity index is 669. The van der Waals surface area contributed by atoms with Crippen LogP contribution in [0.25, 0.3) is 0 Å². The first-order chi connectivity index (χ1) is 9.69. The summed E-state index contributed by atoms with van der Waals surface area (Å²) in [4.78, 5) is 12.0. The van der Waals surface area contributed by atoms with E-state index in [2.05, 4.69) is 17.2 Å². The van der Waals surface area contributed by atoms with Crippen molar-refractivity contribution in [3.8, 4) is 11.8 Å². The van der Waals surface area contributed by atoms with Crippen LogP contribution in [-0.4, -0.2) is 17.6 Å². The minimum Gasteiger partial charge on any atom is -0.384 e. The van der Waals surface area contributed by atoms with E-state index in [0.29, 0.717) is 16.3 Å². The lowest BCUT2D eigenvalue weighted by Gasteiger charge is -2.05. The highest BCUT2D eigenvalue weighted by Crippen LogP contribution is 2.14. The fourth-order valence-electron chi connectivity index (χ4n) is 1.61. The van der Waals surface area contributed by atoms with Crippen LogP contribution in [-0.2, 0) is 0 Å². The highest BCUT2D eigenvalue weighted by Gasteiger charge is 2.06. The van der Waals surface area contributed by atoms with E-state index in [4.69, 9.17) is 16.7 Å². The number of carbonyl (C=O) groups excluding carboxylic acids is 1. The molecule has 0 aliphatic rings. The van der Waals surface area contributed by atoms with Gasteiger partial charge in [0.1, 0.15) is 6.61 Å². The first-order valence-corrected chi connectivity index (χ1v) is 6.33. The maximum absolute atomic E-state index is 12.0. The van der Waals surface area contributed by atoms with Gasteiger partial charge >= 0.3 is 0 Å². The van der Waals surface area contributed by atoms with Crippen LogP contribution in [0.3, 0.4) is 0 Å². The molecule has 3 nitrogen and oxygen atoms in total. The topological polar surface area (TPSA) is 49.3 Å². The van der Waals surface area contributed by atoms with Crippen LogP contribution in [0, 0.1) is 11.8 Å². The molecule has 2 N–H and O–H groups in total. The monoisotopic (exact) mass is 285 g/mol. The number of nitrogens with one attached hydrogen (secondary N) is 1. The third-order valence-corrected chi connectivity index (χ3v) is 2.78. The Hall–Kier alpha value is -2.28. The van der Waals surface area contributed by atoms with Gasteiger partial charge in [-0.1, -0.05) is 29.5 Å². The first-order valence-electron chi connectivity index (χ1n) is 5.96. The second-order valence-corrected chi connectivity index (χ2v) is 4.44. The smallest absolute Gasteiger partial charge is 0.255 e. The number of aliphatic hydroxyl groups excluding tert-OH is 1. The average molecular weight is 286 g/mol. The third kappa shape index (κ3) is 3.86. The van der Waals surface area contributed by atoms with Gasteiger partial charge in [0.25, 0.3) is 5.91 Å². The zero-order valence-electron chi connectivity index (χ0n) is 10.6. The Morgan fingerprint density at radius 2 is 1.95 bits per heavy atom. The molecular weight excluding hydrogens is 274 g/mol. The number of halogens is 1. The molecule has 4 heteroatoms. The average Bonchev–Trinajstić information content (AvgIpc) is 2.46. The number of benzene rings is 2. The molecule has 0 spiro atoms. The van der Waals surface area contributed by atoms with Crippen LogP contribution in [0.4, 0.5) is 5.69 Å². The summed E-state index contributed by atoms with van der Waals surface area (Å²) >= 11 is 5.85. The van der Waals surface area contributed by atoms with Crippen molar-refractivity contribution in [2.24, 2.45) is 0 Å². The van der Waals surface area contributed by atoms with Crippen molar-refractivity contribution in [1.29, 1.82) is 0 Å². The Kier molecular flexibility index (Phi) is 4.78. The van der Waals surface area contributed by atoms with Crippen molar-refractivity contribution in [2.45, 2.75) is 0 Å². The highest BCUT2D eigenvalue weighted by molar-refractivity contribution is 6.31. The minimum absolute atomic E-state index is 0.173. The van der Waals surface area contributed by atoms with Crippen molar-refractivity contribution >= 4 is 23.2 Å². The number of hydrogen-bond donors (Lipinski definition) is 2. The third-order valence-electron chi connectivity index (χ3n) is 2.54. The quantitative estimate of drug-likeness (QED) is 0.834. The largest absolute Gasteiger partial charge is 0.384 e. The molecule has 2 rings (SSSR count). The molecule has 1 amide bonds. The molecule has 0 saturated carbocycles. The Morgan fingerprint density at radius 1 is 1.20 bits per heavy atom. The number of rotatable bonds is 2. The fourth-order valence-corrected chi connectivity index (χ4v) is 1.80. The fraction of sp³-hybridized carbons (Fsp3) is 0.0625. The van der Waals surface area contributed by atoms with Crippen LogP contribution in [0.2, 0.25) is 5.02 Å². The Labute approximate surface area is 122 Å². The predicted octanol–water partition coefficient (Wildman–Crippen LogP) is 2.94. The number of aliphatic hydroxyl groups is 1. The lowest BCUT2D eigenvalue weighted by molar-refractivity contribution is 0.102. The van der Waals surface area contributed by atoms with Crippen molar-refractivity contribution in [3.05, 3.63) is 64.7 Å². The van der Waals surface area contributed by atoms with Gasteiger partial charge in [-0.2, -0.15) is 0 Å². The van der Waals surface area contributed by atoms with Crippen LogP contribution in [0.5, 0.6) is 0 Å². The summed E-state index contributed by atoms with van der Waals surface area (Å²) in [6.07, 6.45) is 0. The molecular formula is C16H12ClNO2. The lowest BCUT2D eigenvalue weighted by atomic mass is 10.2. The van der Waals surface area contributed by atoms with Gasteiger partial charge in [-0.15, -0.1) is 0 Å². The van der Waals surface area contributed by atoms with Crippen molar-refractivity contribution in [1.82, 2.24) is 0 Å². The lowest BCUT2D eigenvalue weighted by Crippen LogP contribution is -2.11. The first kappa shape index (κ1) is 14.1. The second kappa shape index (κ2) is 6.76. The van der Waals surface area contributed by atoms with Crippen molar-refractivity contribution < 1.29 is 9.90 Å². The van der Waals surface area contributed by atoms with Crippen LogP contribution < -0.4 is 5.32 Å². The van der Waals surface area contributed by atoms with Gasteiger partial charge in [0, 0.05) is 21.8 Å². The van der Waals surface area contributed by atoms with Gasteiger partial charge < -0.3 is 10.4 Å². The number of hydrogen-bond acceptors (Lipinski definition) is 2. The minimum atomic E-state index is -0.221. The predicted molar refractivity (Wildman–Crippen MR) is 79.8 cm³/mol. The molecule has 0 aromatic heterocycles. The maximum Gasteiger partial charge on any atom is 0.255 e. The van der Waals surface area contributed by atoms with Gasteiger partial charge in [-0.3, -0.25) is 4.79 Å². The zero-order valence-corrected chi connectivity index (χ0v) is 11.3. The summed E-state index contributed by atoms with van der Waals surface area (Å²) in [5.74, 6) is 5.12. The molecule has 100 valence electrons. The number of amides is 1. The molecule has 2 aromatic carbocycles. The standard InChI is InChI=1S/C16H12ClNO2/c17-14-5-1-4-13(11-14)16(20)18-15-8-6-12(7-9-15)3-2-10-19/h1,4-9,11,19H,10H2,(H,18,20). The van der Waals surface area contributed by atoms with Crippen LogP contribution in [0.15, 0.2) is 48.5 Å². The van der Waals surface area contributed by atoms with E-state index in [1.54, 1.807) is 48.5 Å². The van der Waals surface area contributed by atoms with Gasteiger partial charge in [-0.05, 0) is 42.5 Å². The molecule has 0 heterocycles. The van der Waals surface area contributed by atoms with Gasteiger partial charge in [0.15, 0.2) is 0 Å². The number of carbonyl (C=O) groups is 1. The van der Waals surface area contributed by atoms with Crippen LogP contribution >= 0.6 is 11.6 Å². The van der Waals surface area contributed by atoms with E-state index < -0.39 is 0 Å². The zero-order chi connectivity index (χ0) is 14.4. The molecule has 0 aliphatic carbocycles. The van der Waals surface area contributed by atoms with Crippen LogP contribution in [0.1, 0.15) is 15.9 Å². The number of anilines is 1. The molecule has 0 unspecified atom stereocenters. The van der Waals surface area contributed by atoms with E-state index in [1.807, 2.05) is 0 Å². The van der Waals surface area contributed by atoms with E-state index in [0.717, 1.165) is 5.56 Å². The van der Waals surface area contributed by atoms with Gasteiger partial charge in [-0.25, -0.2) is 0 Å². The van der Waals surface area contributed by atoms with E-state index >= 15 is 0 Å². The Balaban J connectivity index is 2.08. The summed E-state index contributed by atoms with van der Waals surface area (Å²) in [6, 6.07) is 13.8. The normalized spacial score (nSPS) is 9.50. The SMILES string of the molecule is O=C(Nc1ccc(C#CCO)cc1)c1cccc(Cl)c1. The summed E-state index contributed by atoms with van der Waals surface area (Å²) in [5.41, 5.74) is 1.95. The Morgan fingerprint density at radius 3 is 2.60 bits per heavy atom. The highest BCUT2D eigenvalue weighted by atomic mass is 35.5. The molecule has 0 bridgehead atoms. The summed E-state index contributed by atoms with van der Waals surface area (Å²) in [5, 5.41) is 11.9. The van der Waals surface area contributed by atoms with Gasteiger partial charge in [0.05, 0.1) is 0 Å². The summed E-state index contributed by atoms with van der Waals surface area (Å²) < 4.78 is 0.